The van der Waals surface area contributed by atoms with E-state index in [2.05, 4.69) is 0 Å². The third-order valence-corrected chi connectivity index (χ3v) is 8.50. The van der Waals surface area contributed by atoms with Crippen LogP contribution in [0.1, 0.15) is 33.2 Å². The van der Waals surface area contributed by atoms with Crippen molar-refractivity contribution in [2.24, 2.45) is 0 Å². The molecule has 2 unspecified atom stereocenters. The molecule has 44 heavy (non-hydrogen) atoms. The topological polar surface area (TPSA) is 77.2 Å². The Morgan fingerprint density at radius 2 is 1.70 bits per heavy atom. The average molecular weight is 594 g/mol. The van der Waals surface area contributed by atoms with E-state index in [1.165, 1.54) is 18.5 Å². The van der Waals surface area contributed by atoms with Gasteiger partial charge in [0.2, 0.25) is 5.43 Å². The first kappa shape index (κ1) is 26.4. The number of carbonyl (C=O) groups excluding carboxylic acids is 1. The number of benzene rings is 3. The normalized spacial score (nSPS) is 18.5. The smallest absolute Gasteiger partial charge is 0.278 e. The summed E-state index contributed by atoms with van der Waals surface area (Å²) in [5.74, 6) is -2.05. The van der Waals surface area contributed by atoms with Crippen LogP contribution in [0.3, 0.4) is 0 Å². The molecule has 0 bridgehead atoms. The number of halogens is 2. The number of ether oxygens (including phenoxy) is 2. The molecule has 10 heteroatoms. The molecule has 3 aromatic carbocycles. The van der Waals surface area contributed by atoms with Gasteiger partial charge in [0.15, 0.2) is 23.1 Å². The van der Waals surface area contributed by atoms with Gasteiger partial charge in [-0.3, -0.25) is 19.3 Å². The Balaban J connectivity index is 1.39. The van der Waals surface area contributed by atoms with E-state index in [0.717, 1.165) is 17.2 Å². The van der Waals surface area contributed by atoms with Crippen LogP contribution in [0.4, 0.5) is 8.78 Å². The Hall–Kier alpha value is -5.22. The summed E-state index contributed by atoms with van der Waals surface area (Å²) in [7, 11) is 0. The number of aromatic nitrogens is 1. The monoisotopic (exact) mass is 593 g/mol. The molecule has 0 spiro atoms. The molecular formula is C34H25F2N3O5. The fourth-order valence-electron chi connectivity index (χ4n) is 6.57. The molecule has 5 aromatic rings. The second-order valence-corrected chi connectivity index (χ2v) is 10.9. The summed E-state index contributed by atoms with van der Waals surface area (Å²) in [6.45, 7) is 0.797. The van der Waals surface area contributed by atoms with Crippen molar-refractivity contribution in [2.45, 2.75) is 18.8 Å². The first-order valence-corrected chi connectivity index (χ1v) is 14.3. The van der Waals surface area contributed by atoms with E-state index >= 15 is 4.39 Å². The second kappa shape index (κ2) is 10.2. The van der Waals surface area contributed by atoms with Gasteiger partial charge in [-0.15, -0.1) is 0 Å². The molecule has 1 aliphatic carbocycles. The van der Waals surface area contributed by atoms with Crippen LogP contribution in [-0.2, 0) is 11.3 Å². The van der Waals surface area contributed by atoms with Gasteiger partial charge in [-0.2, -0.15) is 0 Å². The van der Waals surface area contributed by atoms with Crippen molar-refractivity contribution in [2.75, 3.05) is 24.8 Å². The van der Waals surface area contributed by atoms with E-state index in [9.17, 15) is 14.0 Å². The van der Waals surface area contributed by atoms with Gasteiger partial charge in [-0.1, -0.05) is 60.7 Å². The molecular weight excluding hydrogens is 568 g/mol. The number of hydrogen-bond donors (Lipinski definition) is 0. The number of amides is 1. The zero-order chi connectivity index (χ0) is 29.9. The van der Waals surface area contributed by atoms with E-state index in [-0.39, 0.29) is 42.7 Å². The fraction of sp³-hybridized carbons (Fsp3) is 0.176. The Morgan fingerprint density at radius 3 is 2.57 bits per heavy atom. The van der Waals surface area contributed by atoms with Crippen LogP contribution >= 0.6 is 0 Å². The lowest BCUT2D eigenvalue weighted by molar-refractivity contribution is -0.0197. The van der Waals surface area contributed by atoms with E-state index in [4.69, 9.17) is 13.9 Å². The van der Waals surface area contributed by atoms with E-state index in [1.807, 2.05) is 59.6 Å². The number of nitrogens with zero attached hydrogens (tertiary/aromatic N) is 3. The third-order valence-electron chi connectivity index (χ3n) is 8.50. The molecule has 0 radical (unpaired) electrons. The van der Waals surface area contributed by atoms with Crippen LogP contribution < -0.4 is 15.2 Å². The van der Waals surface area contributed by atoms with Crippen LogP contribution in [0.2, 0.25) is 0 Å². The lowest BCUT2D eigenvalue weighted by Gasteiger charge is -2.51. The molecule has 2 atom stereocenters. The summed E-state index contributed by atoms with van der Waals surface area (Å²) in [4.78, 5) is 29.1. The van der Waals surface area contributed by atoms with Gasteiger partial charge >= 0.3 is 0 Å². The number of fused-ring (bicyclic) bond motifs is 7. The minimum atomic E-state index is -1.00. The number of morpholine rings is 1. The highest BCUT2D eigenvalue weighted by Gasteiger charge is 2.47. The van der Waals surface area contributed by atoms with Crippen molar-refractivity contribution in [3.8, 4) is 28.2 Å². The van der Waals surface area contributed by atoms with E-state index in [0.29, 0.717) is 29.1 Å². The maximum atomic E-state index is 15.9. The van der Waals surface area contributed by atoms with E-state index < -0.39 is 29.3 Å². The van der Waals surface area contributed by atoms with Gasteiger partial charge in [-0.25, -0.2) is 8.78 Å². The molecule has 3 aliphatic rings. The average Bonchev–Trinajstić information content (AvgIpc) is 3.50. The van der Waals surface area contributed by atoms with E-state index in [1.54, 1.807) is 21.7 Å². The minimum absolute atomic E-state index is 0.0501. The fourth-order valence-corrected chi connectivity index (χ4v) is 6.57. The van der Waals surface area contributed by atoms with Crippen LogP contribution in [0.5, 0.6) is 5.75 Å². The number of furan rings is 1. The maximum absolute atomic E-state index is 15.9. The zero-order valence-corrected chi connectivity index (χ0v) is 23.3. The Kier molecular flexibility index (Phi) is 6.12. The molecule has 0 saturated carbocycles. The van der Waals surface area contributed by atoms with Crippen LogP contribution in [-0.4, -0.2) is 41.4 Å². The van der Waals surface area contributed by atoms with Gasteiger partial charge in [-0.05, 0) is 28.8 Å². The van der Waals surface area contributed by atoms with Gasteiger partial charge in [0.25, 0.3) is 5.91 Å². The highest BCUT2D eigenvalue weighted by molar-refractivity contribution is 5.97. The van der Waals surface area contributed by atoms with Crippen molar-refractivity contribution in [1.82, 2.24) is 9.58 Å². The quantitative estimate of drug-likeness (QED) is 0.275. The van der Waals surface area contributed by atoms with Crippen molar-refractivity contribution in [1.29, 1.82) is 0 Å². The Labute approximate surface area is 250 Å². The largest absolute Gasteiger partial charge is 0.482 e. The van der Waals surface area contributed by atoms with Gasteiger partial charge in [0, 0.05) is 35.5 Å². The molecule has 1 amide bonds. The Bertz CT molecular complexity index is 1990. The molecule has 1 saturated heterocycles. The van der Waals surface area contributed by atoms with Gasteiger partial charge < -0.3 is 18.8 Å². The van der Waals surface area contributed by atoms with Crippen LogP contribution in [0.25, 0.3) is 22.5 Å². The predicted octanol–water partition coefficient (Wildman–Crippen LogP) is 5.49. The number of rotatable bonds is 4. The molecule has 1 fully saturated rings. The van der Waals surface area contributed by atoms with Crippen molar-refractivity contribution in [3.63, 3.8) is 0 Å². The zero-order valence-electron chi connectivity index (χ0n) is 23.3. The summed E-state index contributed by atoms with van der Waals surface area (Å²) < 4.78 is 50.2. The molecule has 4 heterocycles. The first-order valence-electron chi connectivity index (χ1n) is 14.3. The molecule has 8 rings (SSSR count). The molecule has 2 aromatic heterocycles. The molecule has 8 nitrogen and oxygen atoms in total. The van der Waals surface area contributed by atoms with Crippen molar-refractivity contribution >= 4 is 5.91 Å². The molecule has 0 N–H and O–H groups in total. The molecule has 220 valence electrons. The van der Waals surface area contributed by atoms with Crippen molar-refractivity contribution < 1.29 is 27.5 Å². The lowest BCUT2D eigenvalue weighted by Crippen LogP contribution is -2.66. The molecule has 2 aliphatic heterocycles. The summed E-state index contributed by atoms with van der Waals surface area (Å²) in [6, 6.07) is 21.7. The highest BCUT2D eigenvalue weighted by atomic mass is 19.2. The summed E-state index contributed by atoms with van der Waals surface area (Å²) in [6.07, 6.45) is 2.35. The predicted molar refractivity (Wildman–Crippen MR) is 157 cm³/mol. The SMILES string of the molecule is O=C1c2c(OCc3ccccc3)c(=O)ccn2N(C2c3ccccc3-c3occc3-c3c2ccc(F)c3F)C2COCCN12. The number of hydrogen-bond acceptors (Lipinski definition) is 6. The van der Waals surface area contributed by atoms with Gasteiger partial charge in [0.05, 0.1) is 25.5 Å². The minimum Gasteiger partial charge on any atom is -0.482 e. The van der Waals surface area contributed by atoms with Gasteiger partial charge in [0.1, 0.15) is 18.5 Å². The Morgan fingerprint density at radius 1 is 0.886 bits per heavy atom. The highest BCUT2D eigenvalue weighted by Crippen LogP contribution is 2.49. The maximum Gasteiger partial charge on any atom is 0.278 e. The standard InChI is InChI=1S/C34H25F2N3O5/c35-25-11-10-23-28(29(25)36)24-13-16-43-32(24)22-9-5-4-8-21(22)30(23)39-27-19-42-17-15-37(27)34(41)31-33(26(40)12-14-38(31)39)44-18-20-6-2-1-3-7-20/h1-14,16,27,30H,15,17-19H2. The summed E-state index contributed by atoms with van der Waals surface area (Å²) >= 11 is 0. The third kappa shape index (κ3) is 3.91. The lowest BCUT2D eigenvalue weighted by atomic mass is 9.92. The second-order valence-electron chi connectivity index (χ2n) is 10.9. The van der Waals surface area contributed by atoms with Crippen LogP contribution in [0, 0.1) is 11.6 Å². The first-order chi connectivity index (χ1) is 21.5. The summed E-state index contributed by atoms with van der Waals surface area (Å²) in [5, 5.41) is 1.89. The summed E-state index contributed by atoms with van der Waals surface area (Å²) in [5.41, 5.74) is 2.82. The van der Waals surface area contributed by atoms with Crippen molar-refractivity contribution in [3.05, 3.63) is 136 Å². The number of pyridine rings is 1. The number of carbonyl (C=O) groups is 1. The van der Waals surface area contributed by atoms with Crippen LogP contribution in [0.15, 0.2) is 101 Å².